The molecule has 0 N–H and O–H groups in total. The third kappa shape index (κ3) is 3.04. The van der Waals surface area contributed by atoms with Gasteiger partial charge in [0.2, 0.25) is 0 Å². The summed E-state index contributed by atoms with van der Waals surface area (Å²) >= 11 is 3.37. The molecule has 0 fully saturated rings. The van der Waals surface area contributed by atoms with Crippen molar-refractivity contribution >= 4 is 15.9 Å². The Hall–Kier alpha value is -1.49. The fraction of sp³-hybridized carbons (Fsp3) is 0.308. The first kappa shape index (κ1) is 13.0. The van der Waals surface area contributed by atoms with Gasteiger partial charge in [0, 0.05) is 18.8 Å². The van der Waals surface area contributed by atoms with Crippen molar-refractivity contribution in [1.82, 2.24) is 9.55 Å². The van der Waals surface area contributed by atoms with E-state index >= 15 is 0 Å². The zero-order chi connectivity index (χ0) is 13.0. The summed E-state index contributed by atoms with van der Waals surface area (Å²) in [7, 11) is 1.64. The molecule has 2 aromatic rings. The highest BCUT2D eigenvalue weighted by Gasteiger charge is 2.06. The molecule has 4 nitrogen and oxygen atoms in total. The van der Waals surface area contributed by atoms with E-state index in [1.165, 1.54) is 0 Å². The zero-order valence-electron chi connectivity index (χ0n) is 10.4. The average Bonchev–Trinajstić information content (AvgIpc) is 2.77. The number of aryl methyl sites for hydroxylation is 1. The predicted octanol–water partition coefficient (Wildman–Crippen LogP) is 3.25. The number of hydrogen-bond donors (Lipinski definition) is 0. The van der Waals surface area contributed by atoms with Crippen molar-refractivity contribution < 1.29 is 9.47 Å². The molecule has 0 atom stereocenters. The highest BCUT2D eigenvalue weighted by molar-refractivity contribution is 9.10. The van der Waals surface area contributed by atoms with Crippen LogP contribution in [0.5, 0.6) is 11.5 Å². The maximum atomic E-state index is 5.71. The van der Waals surface area contributed by atoms with Crippen LogP contribution in [-0.4, -0.2) is 16.7 Å². The van der Waals surface area contributed by atoms with Crippen LogP contribution in [-0.2, 0) is 13.2 Å². The third-order valence-electron chi connectivity index (χ3n) is 2.58. The van der Waals surface area contributed by atoms with Crippen LogP contribution in [0.3, 0.4) is 0 Å². The molecule has 0 bridgehead atoms. The third-order valence-corrected chi connectivity index (χ3v) is 2.96. The van der Waals surface area contributed by atoms with E-state index < -0.39 is 0 Å². The summed E-state index contributed by atoms with van der Waals surface area (Å²) in [6.45, 7) is 3.38. The molecule has 0 aliphatic carbocycles. The van der Waals surface area contributed by atoms with Gasteiger partial charge >= 0.3 is 0 Å². The highest BCUT2D eigenvalue weighted by Crippen LogP contribution is 2.20. The Balaban J connectivity index is 2.06. The molecule has 0 saturated heterocycles. The summed E-state index contributed by atoms with van der Waals surface area (Å²) in [6.07, 6.45) is 1.95. The molecule has 0 aliphatic rings. The van der Waals surface area contributed by atoms with E-state index in [1.54, 1.807) is 7.11 Å². The fourth-order valence-electron chi connectivity index (χ4n) is 1.65. The maximum Gasteiger partial charge on any atom is 0.148 e. The second kappa shape index (κ2) is 5.91. The number of imidazole rings is 1. The van der Waals surface area contributed by atoms with Crippen LogP contribution in [0.4, 0.5) is 0 Å². The van der Waals surface area contributed by atoms with Gasteiger partial charge in [0.15, 0.2) is 0 Å². The van der Waals surface area contributed by atoms with E-state index in [1.807, 2.05) is 35.0 Å². The smallest absolute Gasteiger partial charge is 0.148 e. The Kier molecular flexibility index (Phi) is 4.25. The van der Waals surface area contributed by atoms with Crippen LogP contribution in [0.1, 0.15) is 12.7 Å². The Labute approximate surface area is 115 Å². The van der Waals surface area contributed by atoms with Crippen molar-refractivity contribution in [2.24, 2.45) is 0 Å². The molecule has 0 aliphatic heterocycles. The van der Waals surface area contributed by atoms with Gasteiger partial charge in [-0.25, -0.2) is 4.98 Å². The van der Waals surface area contributed by atoms with Crippen LogP contribution < -0.4 is 9.47 Å². The minimum Gasteiger partial charge on any atom is -0.497 e. The first-order chi connectivity index (χ1) is 8.72. The summed E-state index contributed by atoms with van der Waals surface area (Å²) in [5, 5.41) is 0. The molecule has 1 aromatic carbocycles. The summed E-state index contributed by atoms with van der Waals surface area (Å²) in [5.41, 5.74) is 0. The van der Waals surface area contributed by atoms with Gasteiger partial charge in [-0.2, -0.15) is 0 Å². The van der Waals surface area contributed by atoms with E-state index in [0.717, 1.165) is 28.5 Å². The van der Waals surface area contributed by atoms with E-state index in [9.17, 15) is 0 Å². The molecular formula is C13H15BrN2O2. The van der Waals surface area contributed by atoms with Crippen LogP contribution >= 0.6 is 15.9 Å². The number of aromatic nitrogens is 2. The van der Waals surface area contributed by atoms with Gasteiger partial charge in [0.05, 0.1) is 7.11 Å². The average molecular weight is 311 g/mol. The van der Waals surface area contributed by atoms with E-state index in [-0.39, 0.29) is 0 Å². The van der Waals surface area contributed by atoms with Gasteiger partial charge in [-0.3, -0.25) is 0 Å². The van der Waals surface area contributed by atoms with Crippen molar-refractivity contribution in [3.05, 3.63) is 40.9 Å². The Bertz CT molecular complexity index is 525. The fourth-order valence-corrected chi connectivity index (χ4v) is 2.10. The number of hydrogen-bond acceptors (Lipinski definition) is 3. The standard InChI is InChI=1S/C13H15BrN2O2/c1-3-16-8-12(14)15-13(16)9-18-11-6-4-5-10(7-11)17-2/h4-8H,3,9H2,1-2H3. The lowest BCUT2D eigenvalue weighted by molar-refractivity contribution is 0.288. The van der Waals surface area contributed by atoms with Crippen LogP contribution in [0.15, 0.2) is 35.1 Å². The molecule has 5 heteroatoms. The summed E-state index contributed by atoms with van der Waals surface area (Å²) in [5.74, 6) is 2.45. The van der Waals surface area contributed by atoms with Crippen molar-refractivity contribution in [2.45, 2.75) is 20.1 Å². The van der Waals surface area contributed by atoms with Crippen LogP contribution in [0.25, 0.3) is 0 Å². The minimum absolute atomic E-state index is 0.437. The molecule has 1 heterocycles. The number of benzene rings is 1. The van der Waals surface area contributed by atoms with Crippen LogP contribution in [0.2, 0.25) is 0 Å². The molecule has 0 spiro atoms. The lowest BCUT2D eigenvalue weighted by Crippen LogP contribution is -2.05. The lowest BCUT2D eigenvalue weighted by Gasteiger charge is -2.08. The Morgan fingerprint density at radius 2 is 2.11 bits per heavy atom. The molecule has 18 heavy (non-hydrogen) atoms. The molecule has 2 rings (SSSR count). The second-order valence-corrected chi connectivity index (χ2v) is 4.55. The quantitative estimate of drug-likeness (QED) is 0.850. The molecule has 96 valence electrons. The number of rotatable bonds is 5. The molecule has 0 amide bonds. The van der Waals surface area contributed by atoms with Crippen molar-refractivity contribution in [3.63, 3.8) is 0 Å². The predicted molar refractivity (Wildman–Crippen MR) is 72.9 cm³/mol. The lowest BCUT2D eigenvalue weighted by atomic mass is 10.3. The first-order valence-corrected chi connectivity index (χ1v) is 6.50. The molecule has 0 radical (unpaired) electrons. The molecule has 0 saturated carbocycles. The van der Waals surface area contributed by atoms with Crippen molar-refractivity contribution in [3.8, 4) is 11.5 Å². The topological polar surface area (TPSA) is 36.3 Å². The largest absolute Gasteiger partial charge is 0.497 e. The van der Waals surface area contributed by atoms with Crippen molar-refractivity contribution in [2.75, 3.05) is 7.11 Å². The normalized spacial score (nSPS) is 10.4. The monoisotopic (exact) mass is 310 g/mol. The zero-order valence-corrected chi connectivity index (χ0v) is 12.0. The Morgan fingerprint density at radius 3 is 2.83 bits per heavy atom. The summed E-state index contributed by atoms with van der Waals surface area (Å²) < 4.78 is 13.7. The number of methoxy groups -OCH3 is 1. The van der Waals surface area contributed by atoms with E-state index in [4.69, 9.17) is 9.47 Å². The van der Waals surface area contributed by atoms with E-state index in [2.05, 4.69) is 27.8 Å². The highest BCUT2D eigenvalue weighted by atomic mass is 79.9. The van der Waals surface area contributed by atoms with Gasteiger partial charge in [-0.15, -0.1) is 0 Å². The SMILES string of the molecule is CCn1cc(Br)nc1COc1cccc(OC)c1. The molecule has 0 unspecified atom stereocenters. The maximum absolute atomic E-state index is 5.71. The Morgan fingerprint density at radius 1 is 1.33 bits per heavy atom. The summed E-state index contributed by atoms with van der Waals surface area (Å²) in [6, 6.07) is 7.54. The number of halogens is 1. The summed E-state index contributed by atoms with van der Waals surface area (Å²) in [4.78, 5) is 4.36. The van der Waals surface area contributed by atoms with Crippen LogP contribution in [0, 0.1) is 0 Å². The minimum atomic E-state index is 0.437. The molecule has 1 aromatic heterocycles. The number of ether oxygens (including phenoxy) is 2. The van der Waals surface area contributed by atoms with Gasteiger partial charge in [0.1, 0.15) is 28.5 Å². The molecular weight excluding hydrogens is 296 g/mol. The van der Waals surface area contributed by atoms with Gasteiger partial charge in [-0.1, -0.05) is 6.07 Å². The second-order valence-electron chi connectivity index (χ2n) is 3.73. The van der Waals surface area contributed by atoms with Gasteiger partial charge in [-0.05, 0) is 35.0 Å². The van der Waals surface area contributed by atoms with Crippen molar-refractivity contribution in [1.29, 1.82) is 0 Å². The van der Waals surface area contributed by atoms with Gasteiger partial charge in [0.25, 0.3) is 0 Å². The number of nitrogens with zero attached hydrogens (tertiary/aromatic N) is 2. The first-order valence-electron chi connectivity index (χ1n) is 5.71. The van der Waals surface area contributed by atoms with Gasteiger partial charge < -0.3 is 14.0 Å². The van der Waals surface area contributed by atoms with E-state index in [0.29, 0.717) is 6.61 Å².